The molecule has 0 unspecified atom stereocenters. The molecular formula is C23H28N4O3. The molecule has 158 valence electrons. The first-order chi connectivity index (χ1) is 14.3. The van der Waals surface area contributed by atoms with Gasteiger partial charge in [-0.25, -0.2) is 0 Å². The van der Waals surface area contributed by atoms with Crippen LogP contribution >= 0.6 is 0 Å². The largest absolute Gasteiger partial charge is 0.341 e. The van der Waals surface area contributed by atoms with E-state index in [4.69, 9.17) is 0 Å². The molecule has 30 heavy (non-hydrogen) atoms. The molecule has 7 nitrogen and oxygen atoms in total. The van der Waals surface area contributed by atoms with E-state index in [0.717, 1.165) is 28.9 Å². The third-order valence-electron chi connectivity index (χ3n) is 5.91. The molecule has 4 rings (SSSR count). The lowest BCUT2D eigenvalue weighted by Gasteiger charge is -2.43. The molecule has 1 N–H and O–H groups in total. The van der Waals surface area contributed by atoms with E-state index in [0.29, 0.717) is 32.1 Å². The number of nitrogens with zero attached hydrogens (tertiary/aromatic N) is 3. The normalized spacial score (nSPS) is 20.1. The van der Waals surface area contributed by atoms with Gasteiger partial charge in [0.1, 0.15) is 0 Å². The van der Waals surface area contributed by atoms with Crippen molar-refractivity contribution in [3.8, 4) is 11.1 Å². The highest BCUT2D eigenvalue weighted by atomic mass is 16.2. The van der Waals surface area contributed by atoms with Gasteiger partial charge >= 0.3 is 0 Å². The fourth-order valence-electron chi connectivity index (χ4n) is 4.77. The summed E-state index contributed by atoms with van der Waals surface area (Å²) in [6.45, 7) is 3.89. The summed E-state index contributed by atoms with van der Waals surface area (Å²) < 4.78 is 1.91. The third-order valence-corrected chi connectivity index (χ3v) is 5.91. The van der Waals surface area contributed by atoms with Gasteiger partial charge in [0.05, 0.1) is 6.54 Å². The van der Waals surface area contributed by atoms with E-state index < -0.39 is 0 Å². The van der Waals surface area contributed by atoms with Gasteiger partial charge in [-0.1, -0.05) is 12.1 Å². The van der Waals surface area contributed by atoms with E-state index in [-0.39, 0.29) is 23.3 Å². The predicted molar refractivity (Wildman–Crippen MR) is 116 cm³/mol. The van der Waals surface area contributed by atoms with Crippen molar-refractivity contribution in [2.75, 3.05) is 39.0 Å². The van der Waals surface area contributed by atoms with Crippen LogP contribution in [0.2, 0.25) is 0 Å². The number of amides is 2. The van der Waals surface area contributed by atoms with Crippen molar-refractivity contribution in [1.29, 1.82) is 0 Å². The van der Waals surface area contributed by atoms with Crippen LogP contribution in [0.3, 0.4) is 0 Å². The molecule has 3 heterocycles. The number of nitrogens with one attached hydrogen (secondary N) is 1. The maximum atomic E-state index is 12.7. The predicted octanol–water partition coefficient (Wildman–Crippen LogP) is 1.98. The molecule has 0 spiro atoms. The second-order valence-electron chi connectivity index (χ2n) is 8.67. The molecule has 2 amide bonds. The highest BCUT2D eigenvalue weighted by molar-refractivity contribution is 5.89. The number of hydrogen-bond acceptors (Lipinski definition) is 4. The SMILES string of the molecule is CC(=O)Nc1ccc(-c2ccc(=O)n3c2[C@H]2C[C@@H](CN(C(=O)CN(C)C)C2)C3)cc1. The lowest BCUT2D eigenvalue weighted by Crippen LogP contribution is -2.51. The number of rotatable bonds is 4. The van der Waals surface area contributed by atoms with Crippen molar-refractivity contribution in [2.24, 2.45) is 5.92 Å². The van der Waals surface area contributed by atoms with Crippen LogP contribution in [0.5, 0.6) is 0 Å². The number of carbonyl (C=O) groups is 2. The van der Waals surface area contributed by atoms with Crippen LogP contribution in [0, 0.1) is 5.92 Å². The third kappa shape index (κ3) is 4.03. The number of carbonyl (C=O) groups excluding carboxylic acids is 2. The zero-order chi connectivity index (χ0) is 21.4. The number of piperidine rings is 1. The summed E-state index contributed by atoms with van der Waals surface area (Å²) in [4.78, 5) is 40.5. The molecule has 1 fully saturated rings. The Balaban J connectivity index is 1.69. The summed E-state index contributed by atoms with van der Waals surface area (Å²) in [5, 5.41) is 2.78. The van der Waals surface area contributed by atoms with Crippen molar-refractivity contribution in [1.82, 2.24) is 14.4 Å². The van der Waals surface area contributed by atoms with E-state index >= 15 is 0 Å². The molecule has 2 aromatic rings. The van der Waals surface area contributed by atoms with Gasteiger partial charge in [-0.2, -0.15) is 0 Å². The fourth-order valence-corrected chi connectivity index (χ4v) is 4.77. The average Bonchev–Trinajstić information content (AvgIpc) is 2.68. The summed E-state index contributed by atoms with van der Waals surface area (Å²) in [6, 6.07) is 11.2. The topological polar surface area (TPSA) is 74.6 Å². The highest BCUT2D eigenvalue weighted by Crippen LogP contribution is 2.40. The van der Waals surface area contributed by atoms with Crippen molar-refractivity contribution in [3.05, 3.63) is 52.4 Å². The number of hydrogen-bond donors (Lipinski definition) is 1. The van der Waals surface area contributed by atoms with Gasteiger partial charge in [-0.3, -0.25) is 14.4 Å². The fraction of sp³-hybridized carbons (Fsp3) is 0.435. The van der Waals surface area contributed by atoms with Crippen molar-refractivity contribution in [3.63, 3.8) is 0 Å². The van der Waals surface area contributed by atoms with Crippen LogP contribution in [-0.2, 0) is 16.1 Å². The van der Waals surface area contributed by atoms with E-state index in [9.17, 15) is 14.4 Å². The molecule has 0 saturated carbocycles. The number of anilines is 1. The minimum Gasteiger partial charge on any atom is -0.341 e. The Hall–Kier alpha value is -2.93. The lowest BCUT2D eigenvalue weighted by molar-refractivity contribution is -0.134. The van der Waals surface area contributed by atoms with Gasteiger partial charge in [-0.05, 0) is 50.2 Å². The van der Waals surface area contributed by atoms with Crippen molar-refractivity contribution >= 4 is 17.5 Å². The van der Waals surface area contributed by atoms with Crippen LogP contribution < -0.4 is 10.9 Å². The van der Waals surface area contributed by atoms with Crippen molar-refractivity contribution < 1.29 is 9.59 Å². The molecular weight excluding hydrogens is 380 g/mol. The Morgan fingerprint density at radius 1 is 1.07 bits per heavy atom. The van der Waals surface area contributed by atoms with Gasteiger partial charge in [0.15, 0.2) is 0 Å². The van der Waals surface area contributed by atoms with Crippen LogP contribution in [-0.4, -0.2) is 59.9 Å². The Bertz CT molecular complexity index is 1030. The van der Waals surface area contributed by atoms with Crippen LogP contribution in [0.4, 0.5) is 5.69 Å². The molecule has 0 radical (unpaired) electrons. The minimum absolute atomic E-state index is 0.0198. The first kappa shape index (κ1) is 20.3. The van der Waals surface area contributed by atoms with Crippen LogP contribution in [0.15, 0.2) is 41.2 Å². The second kappa shape index (κ2) is 8.07. The molecule has 0 aliphatic carbocycles. The molecule has 2 aliphatic rings. The number of fused-ring (bicyclic) bond motifs is 4. The average molecular weight is 409 g/mol. The molecule has 2 atom stereocenters. The van der Waals surface area contributed by atoms with Gasteiger partial charge in [0, 0.05) is 55.5 Å². The standard InChI is InChI=1S/C23H28N4O3/c1-15(28)24-19-6-4-17(5-7-19)20-8-9-21(29)27-12-16-10-18(23(20)27)13-26(11-16)22(30)14-25(2)3/h4-9,16,18H,10-14H2,1-3H3,(H,24,28)/t16-,18-/m0/s1. The van der Waals surface area contributed by atoms with Gasteiger partial charge < -0.3 is 19.7 Å². The number of pyridine rings is 1. The maximum Gasteiger partial charge on any atom is 0.250 e. The summed E-state index contributed by atoms with van der Waals surface area (Å²) in [7, 11) is 3.81. The van der Waals surface area contributed by atoms with E-state index in [1.807, 2.05) is 58.8 Å². The number of benzene rings is 1. The summed E-state index contributed by atoms with van der Waals surface area (Å²) >= 11 is 0. The molecule has 2 bridgehead atoms. The van der Waals surface area contributed by atoms with Crippen LogP contribution in [0.25, 0.3) is 11.1 Å². The van der Waals surface area contributed by atoms with Gasteiger partial charge in [0.25, 0.3) is 5.56 Å². The first-order valence-electron chi connectivity index (χ1n) is 10.4. The molecule has 1 aromatic carbocycles. The zero-order valence-electron chi connectivity index (χ0n) is 17.7. The molecule has 1 aromatic heterocycles. The molecule has 2 aliphatic heterocycles. The minimum atomic E-state index is -0.109. The Labute approximate surface area is 176 Å². The smallest absolute Gasteiger partial charge is 0.250 e. The van der Waals surface area contributed by atoms with E-state index in [1.165, 1.54) is 6.92 Å². The zero-order valence-corrected chi connectivity index (χ0v) is 17.7. The lowest BCUT2D eigenvalue weighted by atomic mass is 9.80. The van der Waals surface area contributed by atoms with Crippen LogP contribution in [0.1, 0.15) is 25.0 Å². The summed E-state index contributed by atoms with van der Waals surface area (Å²) in [5.41, 5.74) is 3.81. The van der Waals surface area contributed by atoms with Crippen molar-refractivity contribution in [2.45, 2.75) is 25.8 Å². The first-order valence-corrected chi connectivity index (χ1v) is 10.4. The maximum absolute atomic E-state index is 12.7. The summed E-state index contributed by atoms with van der Waals surface area (Å²) in [6.07, 6.45) is 0.992. The van der Waals surface area contributed by atoms with E-state index in [1.54, 1.807) is 6.07 Å². The quantitative estimate of drug-likeness (QED) is 0.840. The Morgan fingerprint density at radius 3 is 2.47 bits per heavy atom. The summed E-state index contributed by atoms with van der Waals surface area (Å²) in [5.74, 6) is 0.477. The number of aromatic nitrogens is 1. The second-order valence-corrected chi connectivity index (χ2v) is 8.67. The monoisotopic (exact) mass is 408 g/mol. The Kier molecular flexibility index (Phi) is 5.47. The Morgan fingerprint density at radius 2 is 1.80 bits per heavy atom. The highest BCUT2D eigenvalue weighted by Gasteiger charge is 2.37. The van der Waals surface area contributed by atoms with E-state index in [2.05, 4.69) is 5.32 Å². The van der Waals surface area contributed by atoms with Gasteiger partial charge in [0.2, 0.25) is 11.8 Å². The number of likely N-dealkylation sites (N-methyl/N-ethyl adjacent to an activating group) is 1. The number of likely N-dealkylation sites (tertiary alicyclic amines) is 1. The molecule has 1 saturated heterocycles. The van der Waals surface area contributed by atoms with Gasteiger partial charge in [-0.15, -0.1) is 0 Å². The molecule has 7 heteroatoms.